The van der Waals surface area contributed by atoms with E-state index in [1.807, 2.05) is 18.2 Å². The van der Waals surface area contributed by atoms with Gasteiger partial charge >= 0.3 is 0 Å². The van der Waals surface area contributed by atoms with Crippen molar-refractivity contribution in [3.8, 4) is 11.5 Å². The summed E-state index contributed by atoms with van der Waals surface area (Å²) in [4.78, 5) is 3.93. The Hall–Kier alpha value is -2.08. The van der Waals surface area contributed by atoms with E-state index in [4.69, 9.17) is 9.47 Å². The number of hydrogen-bond acceptors (Lipinski definition) is 6. The van der Waals surface area contributed by atoms with E-state index in [1.165, 1.54) is 6.39 Å². The fourth-order valence-corrected chi connectivity index (χ4v) is 1.82. The topological polar surface area (TPSA) is 69.4 Å². The highest BCUT2D eigenvalue weighted by Crippen LogP contribution is 2.31. The van der Waals surface area contributed by atoms with Crippen LogP contribution in [0.1, 0.15) is 24.7 Å². The molecule has 0 unspecified atom stereocenters. The molecule has 0 bridgehead atoms. The zero-order valence-electron chi connectivity index (χ0n) is 11.8. The Bertz CT molecular complexity index is 514. The zero-order valence-corrected chi connectivity index (χ0v) is 11.8. The zero-order chi connectivity index (χ0) is 14.2. The molecule has 2 rings (SSSR count). The lowest BCUT2D eigenvalue weighted by Gasteiger charge is -2.14. The van der Waals surface area contributed by atoms with E-state index >= 15 is 0 Å². The Labute approximate surface area is 118 Å². The third-order valence-corrected chi connectivity index (χ3v) is 2.78. The maximum atomic E-state index is 5.78. The Morgan fingerprint density at radius 3 is 2.95 bits per heavy atom. The minimum absolute atomic E-state index is 0.248. The van der Waals surface area contributed by atoms with Crippen LogP contribution >= 0.6 is 0 Å². The standard InChI is InChI=1S/C14H19N3O3/c1-3-7-15-8-11-5-4-6-12(18-2)14(11)19-9-13-16-10-20-17-13/h4-6,10,15H,3,7-9H2,1-2H3. The summed E-state index contributed by atoms with van der Waals surface area (Å²) in [6, 6.07) is 5.83. The Morgan fingerprint density at radius 1 is 1.35 bits per heavy atom. The maximum Gasteiger partial charge on any atom is 0.213 e. The minimum Gasteiger partial charge on any atom is -0.493 e. The second kappa shape index (κ2) is 7.49. The van der Waals surface area contributed by atoms with E-state index in [-0.39, 0.29) is 6.61 Å². The van der Waals surface area contributed by atoms with Crippen molar-refractivity contribution in [3.05, 3.63) is 36.0 Å². The monoisotopic (exact) mass is 277 g/mol. The molecular formula is C14H19N3O3. The molecule has 0 spiro atoms. The number of methoxy groups -OCH3 is 1. The molecule has 0 atom stereocenters. The van der Waals surface area contributed by atoms with Gasteiger partial charge < -0.3 is 19.3 Å². The second-order valence-corrected chi connectivity index (χ2v) is 4.26. The SMILES string of the molecule is CCCNCc1cccc(OC)c1OCc1ncon1. The van der Waals surface area contributed by atoms with Crippen LogP contribution < -0.4 is 14.8 Å². The predicted octanol–water partition coefficient (Wildman–Crippen LogP) is 2.16. The summed E-state index contributed by atoms with van der Waals surface area (Å²) < 4.78 is 15.8. The van der Waals surface area contributed by atoms with Gasteiger partial charge in [0.25, 0.3) is 0 Å². The smallest absolute Gasteiger partial charge is 0.213 e. The quantitative estimate of drug-likeness (QED) is 0.746. The Kier molecular flexibility index (Phi) is 5.37. The molecule has 0 saturated carbocycles. The highest BCUT2D eigenvalue weighted by molar-refractivity contribution is 5.46. The summed E-state index contributed by atoms with van der Waals surface area (Å²) in [5, 5.41) is 7.08. The molecule has 1 heterocycles. The average Bonchev–Trinajstić information content (AvgIpc) is 2.99. The average molecular weight is 277 g/mol. The largest absolute Gasteiger partial charge is 0.493 e. The van der Waals surface area contributed by atoms with Gasteiger partial charge in [-0.1, -0.05) is 24.2 Å². The lowest BCUT2D eigenvalue weighted by Crippen LogP contribution is -2.15. The van der Waals surface area contributed by atoms with Gasteiger partial charge in [0.05, 0.1) is 7.11 Å². The minimum atomic E-state index is 0.248. The summed E-state index contributed by atoms with van der Waals surface area (Å²) in [6.07, 6.45) is 2.37. The third kappa shape index (κ3) is 3.71. The first-order valence-electron chi connectivity index (χ1n) is 6.59. The molecule has 0 saturated heterocycles. The molecule has 20 heavy (non-hydrogen) atoms. The van der Waals surface area contributed by atoms with Gasteiger partial charge in [-0.2, -0.15) is 4.98 Å². The van der Waals surface area contributed by atoms with Gasteiger partial charge in [0.2, 0.25) is 12.2 Å². The molecule has 0 fully saturated rings. The van der Waals surface area contributed by atoms with E-state index in [0.29, 0.717) is 17.3 Å². The van der Waals surface area contributed by atoms with Crippen molar-refractivity contribution in [2.75, 3.05) is 13.7 Å². The fraction of sp³-hybridized carbons (Fsp3) is 0.429. The van der Waals surface area contributed by atoms with Crippen molar-refractivity contribution in [1.82, 2.24) is 15.5 Å². The van der Waals surface area contributed by atoms with Crippen LogP contribution in [0.3, 0.4) is 0 Å². The number of nitrogens with zero attached hydrogens (tertiary/aromatic N) is 2. The summed E-state index contributed by atoms with van der Waals surface area (Å²) >= 11 is 0. The normalized spacial score (nSPS) is 10.5. The lowest BCUT2D eigenvalue weighted by molar-refractivity contribution is 0.266. The van der Waals surface area contributed by atoms with Crippen LogP contribution in [0.2, 0.25) is 0 Å². The third-order valence-electron chi connectivity index (χ3n) is 2.78. The molecule has 108 valence electrons. The molecule has 2 aromatic rings. The van der Waals surface area contributed by atoms with Crippen molar-refractivity contribution in [2.45, 2.75) is 26.5 Å². The van der Waals surface area contributed by atoms with Gasteiger partial charge in [-0.25, -0.2) is 0 Å². The molecule has 0 radical (unpaired) electrons. The van der Waals surface area contributed by atoms with Gasteiger partial charge in [0, 0.05) is 12.1 Å². The first-order chi connectivity index (χ1) is 9.85. The number of para-hydroxylation sites is 1. The number of benzene rings is 1. The van der Waals surface area contributed by atoms with Crippen LogP contribution in [0.4, 0.5) is 0 Å². The predicted molar refractivity (Wildman–Crippen MR) is 73.6 cm³/mol. The van der Waals surface area contributed by atoms with Crippen molar-refractivity contribution >= 4 is 0 Å². The molecule has 6 heteroatoms. The van der Waals surface area contributed by atoms with Crippen LogP contribution in [0.5, 0.6) is 11.5 Å². The molecule has 0 aliphatic rings. The fourth-order valence-electron chi connectivity index (χ4n) is 1.82. The van der Waals surface area contributed by atoms with Crippen molar-refractivity contribution in [3.63, 3.8) is 0 Å². The number of aromatic nitrogens is 2. The van der Waals surface area contributed by atoms with Gasteiger partial charge in [0.15, 0.2) is 18.1 Å². The summed E-state index contributed by atoms with van der Waals surface area (Å²) in [5.41, 5.74) is 1.04. The highest BCUT2D eigenvalue weighted by atomic mass is 16.5. The van der Waals surface area contributed by atoms with Gasteiger partial charge in [-0.05, 0) is 19.0 Å². The van der Waals surface area contributed by atoms with Gasteiger partial charge in [-0.3, -0.25) is 0 Å². The lowest BCUT2D eigenvalue weighted by atomic mass is 10.2. The number of nitrogens with one attached hydrogen (secondary N) is 1. The Morgan fingerprint density at radius 2 is 2.25 bits per heavy atom. The van der Waals surface area contributed by atoms with Gasteiger partial charge in [0.1, 0.15) is 0 Å². The first-order valence-corrected chi connectivity index (χ1v) is 6.59. The van der Waals surface area contributed by atoms with Crippen LogP contribution in [-0.4, -0.2) is 23.8 Å². The number of rotatable bonds is 8. The van der Waals surface area contributed by atoms with Crippen LogP contribution in [0, 0.1) is 0 Å². The van der Waals surface area contributed by atoms with Crippen LogP contribution in [0.15, 0.2) is 29.1 Å². The molecule has 1 aromatic carbocycles. The molecule has 6 nitrogen and oxygen atoms in total. The van der Waals surface area contributed by atoms with Gasteiger partial charge in [-0.15, -0.1) is 0 Å². The van der Waals surface area contributed by atoms with Crippen LogP contribution in [0.25, 0.3) is 0 Å². The maximum absolute atomic E-state index is 5.78. The van der Waals surface area contributed by atoms with Crippen LogP contribution in [-0.2, 0) is 13.2 Å². The van der Waals surface area contributed by atoms with E-state index in [1.54, 1.807) is 7.11 Å². The van der Waals surface area contributed by atoms with E-state index < -0.39 is 0 Å². The van der Waals surface area contributed by atoms with E-state index in [9.17, 15) is 0 Å². The summed E-state index contributed by atoms with van der Waals surface area (Å²) in [5.74, 6) is 1.91. The van der Waals surface area contributed by atoms with Crippen molar-refractivity contribution in [1.29, 1.82) is 0 Å². The second-order valence-electron chi connectivity index (χ2n) is 4.26. The molecule has 1 aromatic heterocycles. The molecule has 0 aliphatic heterocycles. The van der Waals surface area contributed by atoms with E-state index in [2.05, 4.69) is 26.9 Å². The van der Waals surface area contributed by atoms with Crippen molar-refractivity contribution < 1.29 is 14.0 Å². The van der Waals surface area contributed by atoms with Crippen molar-refractivity contribution in [2.24, 2.45) is 0 Å². The molecule has 1 N–H and O–H groups in total. The van der Waals surface area contributed by atoms with E-state index in [0.717, 1.165) is 25.1 Å². The number of ether oxygens (including phenoxy) is 2. The molecule has 0 aliphatic carbocycles. The Balaban J connectivity index is 2.10. The molecule has 0 amide bonds. The first kappa shape index (κ1) is 14.3. The summed E-state index contributed by atoms with van der Waals surface area (Å²) in [7, 11) is 1.62. The highest BCUT2D eigenvalue weighted by Gasteiger charge is 2.11. The molecular weight excluding hydrogens is 258 g/mol. The summed E-state index contributed by atoms with van der Waals surface area (Å²) in [6.45, 7) is 4.07. The number of hydrogen-bond donors (Lipinski definition) is 1.